The lowest BCUT2D eigenvalue weighted by molar-refractivity contribution is -0.133. The molecule has 1 aromatic heterocycles. The molecule has 0 spiro atoms. The second-order valence-electron chi connectivity index (χ2n) is 3.69. The van der Waals surface area contributed by atoms with Gasteiger partial charge in [0, 0.05) is 11.4 Å². The molecule has 0 fully saturated rings. The van der Waals surface area contributed by atoms with Crippen LogP contribution >= 0.6 is 23.1 Å². The number of carbonyl (C=O) groups excluding carboxylic acids is 1. The highest BCUT2D eigenvalue weighted by Crippen LogP contribution is 2.13. The molecule has 1 N–H and O–H groups in total. The number of carboxylic acid groups (broad SMARTS) is 1. The van der Waals surface area contributed by atoms with Gasteiger partial charge in [-0.2, -0.15) is 5.26 Å². The van der Waals surface area contributed by atoms with Crippen LogP contribution in [0.2, 0.25) is 0 Å². The number of rotatable bonds is 8. The van der Waals surface area contributed by atoms with Crippen LogP contribution in [-0.2, 0) is 16.1 Å². The van der Waals surface area contributed by atoms with Crippen molar-refractivity contribution in [3.8, 4) is 6.07 Å². The van der Waals surface area contributed by atoms with Crippen molar-refractivity contribution < 1.29 is 14.7 Å². The maximum atomic E-state index is 12.0. The van der Waals surface area contributed by atoms with Gasteiger partial charge in [-0.3, -0.25) is 9.59 Å². The molecule has 1 rings (SSSR count). The molecule has 0 unspecified atom stereocenters. The second-order valence-corrected chi connectivity index (χ2v) is 5.71. The van der Waals surface area contributed by atoms with Gasteiger partial charge in [-0.1, -0.05) is 6.07 Å². The van der Waals surface area contributed by atoms with Crippen LogP contribution in [0, 0.1) is 11.3 Å². The zero-order valence-electron chi connectivity index (χ0n) is 10.2. The minimum absolute atomic E-state index is 0.0865. The summed E-state index contributed by atoms with van der Waals surface area (Å²) in [4.78, 5) is 25.0. The molecule has 5 nitrogen and oxygen atoms in total. The van der Waals surface area contributed by atoms with E-state index < -0.39 is 5.97 Å². The van der Waals surface area contributed by atoms with Crippen molar-refractivity contribution >= 4 is 35.0 Å². The van der Waals surface area contributed by atoms with Gasteiger partial charge in [0.2, 0.25) is 5.91 Å². The summed E-state index contributed by atoms with van der Waals surface area (Å²) in [7, 11) is 0. The monoisotopic (exact) mass is 298 g/mol. The standard InChI is InChI=1S/C12H14N2O3S2/c13-4-2-5-14(7-10-3-1-6-19-10)11(15)8-18-9-12(16)17/h1,3,6H,2,5,7-9H2,(H,16,17). The summed E-state index contributed by atoms with van der Waals surface area (Å²) < 4.78 is 0. The van der Waals surface area contributed by atoms with Crippen LogP contribution in [-0.4, -0.2) is 39.9 Å². The Bertz CT molecular complexity index is 454. The minimum atomic E-state index is -0.931. The highest BCUT2D eigenvalue weighted by atomic mass is 32.2. The van der Waals surface area contributed by atoms with Gasteiger partial charge in [0.15, 0.2) is 0 Å². The summed E-state index contributed by atoms with van der Waals surface area (Å²) in [5.41, 5.74) is 0. The van der Waals surface area contributed by atoms with Crippen molar-refractivity contribution in [3.63, 3.8) is 0 Å². The number of thioether (sulfide) groups is 1. The predicted octanol–water partition coefficient (Wildman–Crippen LogP) is 1.81. The van der Waals surface area contributed by atoms with Crippen molar-refractivity contribution in [2.75, 3.05) is 18.1 Å². The Morgan fingerprint density at radius 2 is 2.26 bits per heavy atom. The van der Waals surface area contributed by atoms with Gasteiger partial charge in [0.05, 0.1) is 30.5 Å². The molecule has 19 heavy (non-hydrogen) atoms. The van der Waals surface area contributed by atoms with E-state index in [9.17, 15) is 9.59 Å². The molecule has 0 aliphatic carbocycles. The molecule has 0 atom stereocenters. The molecule has 102 valence electrons. The first-order chi connectivity index (χ1) is 9.13. The molecule has 0 radical (unpaired) electrons. The van der Waals surface area contributed by atoms with Crippen LogP contribution < -0.4 is 0 Å². The summed E-state index contributed by atoms with van der Waals surface area (Å²) in [5.74, 6) is -1.02. The molecular weight excluding hydrogens is 284 g/mol. The molecular formula is C12H14N2O3S2. The van der Waals surface area contributed by atoms with E-state index in [-0.39, 0.29) is 23.8 Å². The third kappa shape index (κ3) is 6.27. The third-order valence-electron chi connectivity index (χ3n) is 2.22. The summed E-state index contributed by atoms with van der Waals surface area (Å²) >= 11 is 2.63. The maximum absolute atomic E-state index is 12.0. The average molecular weight is 298 g/mol. The SMILES string of the molecule is N#CCCN(Cc1cccs1)C(=O)CSCC(=O)O. The van der Waals surface area contributed by atoms with Crippen LogP contribution in [0.3, 0.4) is 0 Å². The summed E-state index contributed by atoms with van der Waals surface area (Å²) in [5, 5.41) is 19.1. The highest BCUT2D eigenvalue weighted by Gasteiger charge is 2.14. The van der Waals surface area contributed by atoms with Crippen molar-refractivity contribution in [1.29, 1.82) is 5.26 Å². The number of carbonyl (C=O) groups is 2. The van der Waals surface area contributed by atoms with Crippen LogP contribution in [0.4, 0.5) is 0 Å². The molecule has 0 aliphatic heterocycles. The van der Waals surface area contributed by atoms with Gasteiger partial charge in [-0.05, 0) is 11.4 Å². The smallest absolute Gasteiger partial charge is 0.313 e. The molecule has 0 aliphatic rings. The average Bonchev–Trinajstić information content (AvgIpc) is 2.86. The predicted molar refractivity (Wildman–Crippen MR) is 74.9 cm³/mol. The Morgan fingerprint density at radius 1 is 1.47 bits per heavy atom. The molecule has 0 saturated heterocycles. The lowest BCUT2D eigenvalue weighted by atomic mass is 10.3. The third-order valence-corrected chi connectivity index (χ3v) is 3.99. The fraction of sp³-hybridized carbons (Fsp3) is 0.417. The highest BCUT2D eigenvalue weighted by molar-refractivity contribution is 8.00. The largest absolute Gasteiger partial charge is 0.481 e. The molecule has 0 aromatic carbocycles. The van der Waals surface area contributed by atoms with Gasteiger partial charge in [0.1, 0.15) is 0 Å². The molecule has 7 heteroatoms. The van der Waals surface area contributed by atoms with E-state index in [1.165, 1.54) is 0 Å². The lowest BCUT2D eigenvalue weighted by Crippen LogP contribution is -2.32. The number of nitriles is 1. The quantitative estimate of drug-likeness (QED) is 0.791. The molecule has 1 amide bonds. The minimum Gasteiger partial charge on any atom is -0.481 e. The Labute approximate surface area is 119 Å². The van der Waals surface area contributed by atoms with Crippen molar-refractivity contribution in [1.82, 2.24) is 4.90 Å². The summed E-state index contributed by atoms with van der Waals surface area (Å²) in [6.45, 7) is 0.854. The molecule has 1 aromatic rings. The van der Waals surface area contributed by atoms with Gasteiger partial charge >= 0.3 is 5.97 Å². The van der Waals surface area contributed by atoms with Gasteiger partial charge in [-0.15, -0.1) is 23.1 Å². The molecule has 1 heterocycles. The Hall–Kier alpha value is -1.52. The van der Waals surface area contributed by atoms with E-state index in [0.717, 1.165) is 16.6 Å². The number of nitrogens with zero attached hydrogens (tertiary/aromatic N) is 2. The number of hydrogen-bond acceptors (Lipinski definition) is 5. The molecule has 0 bridgehead atoms. The zero-order chi connectivity index (χ0) is 14.1. The molecule has 0 saturated carbocycles. The maximum Gasteiger partial charge on any atom is 0.313 e. The topological polar surface area (TPSA) is 81.4 Å². The Balaban J connectivity index is 2.50. The van der Waals surface area contributed by atoms with Crippen LogP contribution in [0.25, 0.3) is 0 Å². The number of aliphatic carboxylic acids is 1. The number of hydrogen-bond donors (Lipinski definition) is 1. The first-order valence-corrected chi connectivity index (χ1v) is 7.63. The summed E-state index contributed by atoms with van der Waals surface area (Å²) in [6, 6.07) is 5.86. The van der Waals surface area contributed by atoms with Crippen molar-refractivity contribution in [2.24, 2.45) is 0 Å². The van der Waals surface area contributed by atoms with Crippen LogP contribution in [0.1, 0.15) is 11.3 Å². The number of amides is 1. The second kappa shape index (κ2) is 8.56. The van der Waals surface area contributed by atoms with E-state index >= 15 is 0 Å². The fourth-order valence-corrected chi connectivity index (χ4v) is 2.74. The first kappa shape index (κ1) is 15.5. The number of carboxylic acids is 1. The van der Waals surface area contributed by atoms with E-state index in [1.807, 2.05) is 23.6 Å². The Kier molecular flexibility index (Phi) is 7.00. The normalized spacial score (nSPS) is 9.84. The van der Waals surface area contributed by atoms with E-state index in [0.29, 0.717) is 13.1 Å². The van der Waals surface area contributed by atoms with E-state index in [4.69, 9.17) is 10.4 Å². The number of thiophene rings is 1. The zero-order valence-corrected chi connectivity index (χ0v) is 11.9. The summed E-state index contributed by atoms with van der Waals surface area (Å²) in [6.07, 6.45) is 0.278. The van der Waals surface area contributed by atoms with Gasteiger partial charge in [0.25, 0.3) is 0 Å². The van der Waals surface area contributed by atoms with Crippen LogP contribution in [0.5, 0.6) is 0 Å². The fourth-order valence-electron chi connectivity index (χ4n) is 1.38. The first-order valence-electron chi connectivity index (χ1n) is 5.60. The van der Waals surface area contributed by atoms with Crippen LogP contribution in [0.15, 0.2) is 17.5 Å². The van der Waals surface area contributed by atoms with Gasteiger partial charge in [-0.25, -0.2) is 0 Å². The van der Waals surface area contributed by atoms with Crippen molar-refractivity contribution in [2.45, 2.75) is 13.0 Å². The Morgan fingerprint density at radius 3 is 2.84 bits per heavy atom. The van der Waals surface area contributed by atoms with Gasteiger partial charge < -0.3 is 10.0 Å². The lowest BCUT2D eigenvalue weighted by Gasteiger charge is -2.20. The van der Waals surface area contributed by atoms with E-state index in [2.05, 4.69) is 0 Å². The van der Waals surface area contributed by atoms with E-state index in [1.54, 1.807) is 16.2 Å². The van der Waals surface area contributed by atoms with Crippen molar-refractivity contribution in [3.05, 3.63) is 22.4 Å².